The Kier molecular flexibility index (Phi) is 5.57. The summed E-state index contributed by atoms with van der Waals surface area (Å²) < 4.78 is 5.10. The summed E-state index contributed by atoms with van der Waals surface area (Å²) in [6.45, 7) is 4.13. The van der Waals surface area contributed by atoms with Crippen LogP contribution in [0.15, 0.2) is 30.3 Å². The number of amides is 1. The third kappa shape index (κ3) is 5.14. The van der Waals surface area contributed by atoms with E-state index >= 15 is 0 Å². The van der Waals surface area contributed by atoms with E-state index in [1.165, 1.54) is 0 Å². The first-order valence-corrected chi connectivity index (χ1v) is 6.22. The molecule has 0 aliphatic carbocycles. The van der Waals surface area contributed by atoms with Gasteiger partial charge in [0.25, 0.3) is 0 Å². The number of rotatable bonds is 5. The molecule has 1 rings (SSSR count). The van der Waals surface area contributed by atoms with Crippen LogP contribution in [0, 0.1) is 5.92 Å². The molecule has 0 radical (unpaired) electrons. The molecular formula is C14H16ClNO3. The molecule has 4 nitrogen and oxygen atoms in total. The molecular weight excluding hydrogens is 266 g/mol. The third-order valence-electron chi connectivity index (χ3n) is 2.21. The average Bonchev–Trinajstić information content (AvgIpc) is 2.34. The number of carbonyl (C=O) groups is 2. The Hall–Kier alpha value is -1.81. The van der Waals surface area contributed by atoms with Crippen LogP contribution >= 0.6 is 11.6 Å². The first-order valence-electron chi connectivity index (χ1n) is 5.84. The Morgan fingerprint density at radius 1 is 1.32 bits per heavy atom. The predicted octanol–water partition coefficient (Wildman–Crippen LogP) is 2.41. The van der Waals surface area contributed by atoms with E-state index in [4.69, 9.17) is 22.1 Å². The molecule has 0 aromatic heterocycles. The summed E-state index contributed by atoms with van der Waals surface area (Å²) >= 11 is 5.78. The SMILES string of the molecule is CC(C)COC(=O)/C(=C\C(N)=O)c1ccc(Cl)cc1. The smallest absolute Gasteiger partial charge is 0.338 e. The van der Waals surface area contributed by atoms with Gasteiger partial charge in [0.1, 0.15) is 0 Å². The zero-order chi connectivity index (χ0) is 14.4. The van der Waals surface area contributed by atoms with Gasteiger partial charge in [0.05, 0.1) is 12.2 Å². The van der Waals surface area contributed by atoms with Crippen molar-refractivity contribution in [3.63, 3.8) is 0 Å². The molecule has 0 saturated carbocycles. The van der Waals surface area contributed by atoms with E-state index in [2.05, 4.69) is 0 Å². The second kappa shape index (κ2) is 6.95. The number of esters is 1. The maximum Gasteiger partial charge on any atom is 0.338 e. The summed E-state index contributed by atoms with van der Waals surface area (Å²) in [4.78, 5) is 22.9. The summed E-state index contributed by atoms with van der Waals surface area (Å²) in [5.74, 6) is -1.06. The number of hydrogen-bond acceptors (Lipinski definition) is 3. The zero-order valence-electron chi connectivity index (χ0n) is 10.9. The number of hydrogen-bond donors (Lipinski definition) is 1. The van der Waals surface area contributed by atoms with Gasteiger partial charge < -0.3 is 10.5 Å². The zero-order valence-corrected chi connectivity index (χ0v) is 11.6. The third-order valence-corrected chi connectivity index (χ3v) is 2.46. The lowest BCUT2D eigenvalue weighted by molar-refractivity contribution is -0.137. The number of ether oxygens (including phenoxy) is 1. The molecule has 0 unspecified atom stereocenters. The molecule has 0 heterocycles. The van der Waals surface area contributed by atoms with E-state index < -0.39 is 11.9 Å². The fourth-order valence-electron chi connectivity index (χ4n) is 1.35. The van der Waals surface area contributed by atoms with Crippen molar-refractivity contribution in [1.29, 1.82) is 0 Å². The number of benzene rings is 1. The molecule has 0 aliphatic rings. The van der Waals surface area contributed by atoms with Crippen molar-refractivity contribution in [3.05, 3.63) is 40.9 Å². The van der Waals surface area contributed by atoms with Gasteiger partial charge in [-0.05, 0) is 23.6 Å². The largest absolute Gasteiger partial charge is 0.462 e. The number of halogens is 1. The highest BCUT2D eigenvalue weighted by molar-refractivity contribution is 6.30. The standard InChI is InChI=1S/C14H16ClNO3/c1-9(2)8-19-14(18)12(7-13(16)17)10-3-5-11(15)6-4-10/h3-7,9H,8H2,1-2H3,(H2,16,17)/b12-7-. The molecule has 1 aromatic rings. The van der Waals surface area contributed by atoms with Crippen LogP contribution in [-0.2, 0) is 14.3 Å². The van der Waals surface area contributed by atoms with Crippen molar-refractivity contribution in [3.8, 4) is 0 Å². The highest BCUT2D eigenvalue weighted by Gasteiger charge is 2.15. The van der Waals surface area contributed by atoms with Crippen LogP contribution in [-0.4, -0.2) is 18.5 Å². The molecule has 0 atom stereocenters. The van der Waals surface area contributed by atoms with Crippen molar-refractivity contribution in [2.75, 3.05) is 6.61 Å². The van der Waals surface area contributed by atoms with Crippen LogP contribution in [0.5, 0.6) is 0 Å². The summed E-state index contributed by atoms with van der Waals surface area (Å²) in [5, 5.41) is 0.540. The lowest BCUT2D eigenvalue weighted by Gasteiger charge is -2.10. The van der Waals surface area contributed by atoms with E-state index in [-0.39, 0.29) is 18.1 Å². The molecule has 19 heavy (non-hydrogen) atoms. The number of primary amides is 1. The Labute approximate surface area is 117 Å². The summed E-state index contributed by atoms with van der Waals surface area (Å²) in [6.07, 6.45) is 1.06. The average molecular weight is 282 g/mol. The van der Waals surface area contributed by atoms with Crippen LogP contribution in [0.4, 0.5) is 0 Å². The first-order chi connectivity index (χ1) is 8.90. The van der Waals surface area contributed by atoms with E-state index in [1.807, 2.05) is 13.8 Å². The monoisotopic (exact) mass is 281 g/mol. The molecule has 0 spiro atoms. The van der Waals surface area contributed by atoms with Crippen LogP contribution < -0.4 is 5.73 Å². The van der Waals surface area contributed by atoms with Crippen LogP contribution in [0.2, 0.25) is 5.02 Å². The topological polar surface area (TPSA) is 69.4 Å². The van der Waals surface area contributed by atoms with Gasteiger partial charge in [0.15, 0.2) is 0 Å². The molecule has 102 valence electrons. The summed E-state index contributed by atoms with van der Waals surface area (Å²) in [6, 6.07) is 6.52. The highest BCUT2D eigenvalue weighted by Crippen LogP contribution is 2.19. The Balaban J connectivity index is 2.99. The minimum Gasteiger partial charge on any atom is -0.462 e. The van der Waals surface area contributed by atoms with Crippen LogP contribution in [0.1, 0.15) is 19.4 Å². The van der Waals surface area contributed by atoms with Gasteiger partial charge in [-0.15, -0.1) is 0 Å². The van der Waals surface area contributed by atoms with Gasteiger partial charge in [-0.2, -0.15) is 0 Å². The fourth-order valence-corrected chi connectivity index (χ4v) is 1.48. The van der Waals surface area contributed by atoms with E-state index in [1.54, 1.807) is 24.3 Å². The maximum absolute atomic E-state index is 11.9. The van der Waals surface area contributed by atoms with E-state index in [9.17, 15) is 9.59 Å². The lowest BCUT2D eigenvalue weighted by atomic mass is 10.1. The second-order valence-electron chi connectivity index (χ2n) is 4.46. The van der Waals surface area contributed by atoms with Gasteiger partial charge >= 0.3 is 5.97 Å². The van der Waals surface area contributed by atoms with Crippen molar-refractivity contribution < 1.29 is 14.3 Å². The van der Waals surface area contributed by atoms with E-state index in [0.29, 0.717) is 10.6 Å². The number of nitrogens with two attached hydrogens (primary N) is 1. The van der Waals surface area contributed by atoms with Gasteiger partial charge in [-0.3, -0.25) is 4.79 Å². The number of carbonyl (C=O) groups excluding carboxylic acids is 2. The summed E-state index contributed by atoms with van der Waals surface area (Å²) in [7, 11) is 0. The fraction of sp³-hybridized carbons (Fsp3) is 0.286. The Morgan fingerprint density at radius 3 is 2.37 bits per heavy atom. The minimum absolute atomic E-state index is 0.129. The highest BCUT2D eigenvalue weighted by atomic mass is 35.5. The van der Waals surface area contributed by atoms with E-state index in [0.717, 1.165) is 6.08 Å². The molecule has 1 aromatic carbocycles. The lowest BCUT2D eigenvalue weighted by Crippen LogP contribution is -2.15. The Morgan fingerprint density at radius 2 is 1.89 bits per heavy atom. The van der Waals surface area contributed by atoms with Crippen LogP contribution in [0.3, 0.4) is 0 Å². The maximum atomic E-state index is 11.9. The van der Waals surface area contributed by atoms with Crippen molar-refractivity contribution in [2.45, 2.75) is 13.8 Å². The van der Waals surface area contributed by atoms with Gasteiger partial charge in [-0.1, -0.05) is 37.6 Å². The van der Waals surface area contributed by atoms with Crippen LogP contribution in [0.25, 0.3) is 5.57 Å². The molecule has 0 saturated heterocycles. The van der Waals surface area contributed by atoms with Crippen molar-refractivity contribution >= 4 is 29.1 Å². The minimum atomic E-state index is -0.702. The van der Waals surface area contributed by atoms with Crippen molar-refractivity contribution in [2.24, 2.45) is 11.7 Å². The molecule has 0 bridgehead atoms. The van der Waals surface area contributed by atoms with Gasteiger partial charge in [0, 0.05) is 11.1 Å². The molecule has 5 heteroatoms. The second-order valence-corrected chi connectivity index (χ2v) is 4.90. The van der Waals surface area contributed by atoms with Crippen molar-refractivity contribution in [1.82, 2.24) is 0 Å². The molecule has 1 amide bonds. The summed E-state index contributed by atoms with van der Waals surface area (Å²) in [5.41, 5.74) is 5.77. The first kappa shape index (κ1) is 15.2. The van der Waals surface area contributed by atoms with Gasteiger partial charge in [-0.25, -0.2) is 4.79 Å². The Bertz CT molecular complexity index is 492. The molecule has 0 aliphatic heterocycles. The molecule has 0 fully saturated rings. The van der Waals surface area contributed by atoms with Gasteiger partial charge in [0.2, 0.25) is 5.91 Å². The normalized spacial score (nSPS) is 11.5. The quantitative estimate of drug-likeness (QED) is 0.665. The molecule has 2 N–H and O–H groups in total. The predicted molar refractivity (Wildman–Crippen MR) is 74.4 cm³/mol.